The predicted molar refractivity (Wildman–Crippen MR) is 70.0 cm³/mol. The number of azide groups is 1. The summed E-state index contributed by atoms with van der Waals surface area (Å²) in [5.41, 5.74) is 10.5. The van der Waals surface area contributed by atoms with Gasteiger partial charge in [-0.2, -0.15) is 0 Å². The van der Waals surface area contributed by atoms with E-state index in [1.54, 1.807) is 12.1 Å². The van der Waals surface area contributed by atoms with Gasteiger partial charge in [0.15, 0.2) is 0 Å². The number of hydrogen-bond acceptors (Lipinski definition) is 2. The zero-order valence-electron chi connectivity index (χ0n) is 8.71. The topological polar surface area (TPSA) is 69.0 Å². The van der Waals surface area contributed by atoms with Crippen LogP contribution in [-0.4, -0.2) is 5.11 Å². The fraction of sp³-hybridized carbons (Fsp3) is 0. The van der Waals surface area contributed by atoms with Crippen molar-refractivity contribution in [2.24, 2.45) is 5.11 Å². The number of phenolic OH excluding ortho intramolecular Hbond substituents is 1. The van der Waals surface area contributed by atoms with Crippen LogP contribution in [0.1, 0.15) is 0 Å². The number of hydrogen-bond donors (Lipinski definition) is 1. The molecule has 0 heterocycles. The van der Waals surface area contributed by atoms with Crippen LogP contribution < -0.4 is 0 Å². The predicted octanol–water partition coefficient (Wildman–Crippen LogP) is 4.76. The van der Waals surface area contributed by atoms with Crippen molar-refractivity contribution in [3.8, 4) is 16.9 Å². The Morgan fingerprint density at radius 1 is 1.06 bits per heavy atom. The molecule has 2 rings (SSSR count). The lowest BCUT2D eigenvalue weighted by Crippen LogP contribution is -1.77. The monoisotopic (exact) mass is 289 g/mol. The van der Waals surface area contributed by atoms with Crippen molar-refractivity contribution in [2.45, 2.75) is 0 Å². The van der Waals surface area contributed by atoms with Crippen molar-refractivity contribution in [3.63, 3.8) is 0 Å². The standard InChI is InChI=1S/C12H8BrN3O/c13-10-4-1-8(2-5-10)9-3-6-12(17)11(7-9)15-16-14/h1-7,17H. The molecule has 5 heteroatoms. The highest BCUT2D eigenvalue weighted by Gasteiger charge is 2.02. The third-order valence-electron chi connectivity index (χ3n) is 2.31. The average Bonchev–Trinajstić information content (AvgIpc) is 2.33. The zero-order chi connectivity index (χ0) is 12.3. The molecule has 0 saturated heterocycles. The number of rotatable bonds is 2. The Kier molecular flexibility index (Phi) is 3.32. The van der Waals surface area contributed by atoms with E-state index in [2.05, 4.69) is 26.0 Å². The summed E-state index contributed by atoms with van der Waals surface area (Å²) < 4.78 is 0.996. The highest BCUT2D eigenvalue weighted by molar-refractivity contribution is 9.10. The largest absolute Gasteiger partial charge is 0.507 e. The third kappa shape index (κ3) is 2.58. The maximum absolute atomic E-state index is 9.48. The summed E-state index contributed by atoms with van der Waals surface area (Å²) >= 11 is 3.36. The summed E-state index contributed by atoms with van der Waals surface area (Å²) in [4.78, 5) is 2.67. The summed E-state index contributed by atoms with van der Waals surface area (Å²) in [6, 6.07) is 12.7. The van der Waals surface area contributed by atoms with Gasteiger partial charge in [-0.25, -0.2) is 0 Å². The molecule has 0 amide bonds. The molecule has 84 valence electrons. The van der Waals surface area contributed by atoms with Gasteiger partial charge in [-0.1, -0.05) is 39.2 Å². The van der Waals surface area contributed by atoms with Gasteiger partial charge in [-0.05, 0) is 40.9 Å². The van der Waals surface area contributed by atoms with E-state index in [0.717, 1.165) is 15.6 Å². The number of phenols is 1. The first-order valence-corrected chi connectivity index (χ1v) is 5.64. The lowest BCUT2D eigenvalue weighted by Gasteiger charge is -2.04. The van der Waals surface area contributed by atoms with Crippen molar-refractivity contribution < 1.29 is 5.11 Å². The van der Waals surface area contributed by atoms with Crippen molar-refractivity contribution in [1.29, 1.82) is 0 Å². The van der Waals surface area contributed by atoms with Gasteiger partial charge < -0.3 is 5.11 Å². The fourth-order valence-electron chi connectivity index (χ4n) is 1.47. The first-order chi connectivity index (χ1) is 8.20. The molecule has 0 aliphatic rings. The Labute approximate surface area is 106 Å². The highest BCUT2D eigenvalue weighted by Crippen LogP contribution is 2.32. The van der Waals surface area contributed by atoms with Gasteiger partial charge in [0.2, 0.25) is 0 Å². The van der Waals surface area contributed by atoms with Gasteiger partial charge in [0, 0.05) is 9.38 Å². The van der Waals surface area contributed by atoms with E-state index in [1.807, 2.05) is 24.3 Å². The number of benzene rings is 2. The Balaban J connectivity index is 2.49. The molecule has 0 aliphatic carbocycles. The van der Waals surface area contributed by atoms with Crippen LogP contribution in [0.15, 0.2) is 52.1 Å². The minimum absolute atomic E-state index is 0.0244. The van der Waals surface area contributed by atoms with E-state index in [1.165, 1.54) is 6.07 Å². The molecule has 0 radical (unpaired) electrons. The molecule has 0 atom stereocenters. The van der Waals surface area contributed by atoms with E-state index in [4.69, 9.17) is 5.53 Å². The molecule has 1 N–H and O–H groups in total. The molecule has 2 aromatic carbocycles. The molecule has 17 heavy (non-hydrogen) atoms. The minimum Gasteiger partial charge on any atom is -0.507 e. The molecule has 0 aliphatic heterocycles. The Morgan fingerprint density at radius 2 is 1.71 bits per heavy atom. The molecule has 0 fully saturated rings. The third-order valence-corrected chi connectivity index (χ3v) is 2.83. The summed E-state index contributed by atoms with van der Waals surface area (Å²) in [6.45, 7) is 0. The first kappa shape index (κ1) is 11.5. The Hall–Kier alpha value is -1.97. The van der Waals surface area contributed by atoms with Gasteiger partial charge in [0.25, 0.3) is 0 Å². The Morgan fingerprint density at radius 3 is 2.35 bits per heavy atom. The van der Waals surface area contributed by atoms with Gasteiger partial charge in [-0.3, -0.25) is 0 Å². The molecule has 0 aromatic heterocycles. The summed E-state index contributed by atoms with van der Waals surface area (Å²) in [6.07, 6.45) is 0. The van der Waals surface area contributed by atoms with E-state index < -0.39 is 0 Å². The lowest BCUT2D eigenvalue weighted by atomic mass is 10.1. The molecule has 0 unspecified atom stereocenters. The maximum Gasteiger partial charge on any atom is 0.125 e. The van der Waals surface area contributed by atoms with Crippen molar-refractivity contribution in [1.82, 2.24) is 0 Å². The van der Waals surface area contributed by atoms with Gasteiger partial charge >= 0.3 is 0 Å². The summed E-state index contributed by atoms with van der Waals surface area (Å²) in [5, 5.41) is 12.9. The van der Waals surface area contributed by atoms with Gasteiger partial charge in [0.05, 0.1) is 5.69 Å². The zero-order valence-corrected chi connectivity index (χ0v) is 10.3. The molecular formula is C12H8BrN3O. The number of aromatic hydroxyl groups is 1. The quantitative estimate of drug-likeness (QED) is 0.483. The van der Waals surface area contributed by atoms with Gasteiger partial charge in [0.1, 0.15) is 5.75 Å². The smallest absolute Gasteiger partial charge is 0.125 e. The highest BCUT2D eigenvalue weighted by atomic mass is 79.9. The van der Waals surface area contributed by atoms with Crippen LogP contribution in [0.25, 0.3) is 21.6 Å². The van der Waals surface area contributed by atoms with Crippen LogP contribution in [0.5, 0.6) is 5.75 Å². The van der Waals surface area contributed by atoms with Crippen LogP contribution in [0.2, 0.25) is 0 Å². The average molecular weight is 290 g/mol. The van der Waals surface area contributed by atoms with Crippen LogP contribution in [0.4, 0.5) is 5.69 Å². The SMILES string of the molecule is [N-]=[N+]=Nc1cc(-c2ccc(Br)cc2)ccc1O. The van der Waals surface area contributed by atoms with Crippen molar-refractivity contribution in [2.75, 3.05) is 0 Å². The second-order valence-corrected chi connectivity index (χ2v) is 4.32. The van der Waals surface area contributed by atoms with E-state index >= 15 is 0 Å². The molecule has 0 saturated carbocycles. The van der Waals surface area contributed by atoms with E-state index in [-0.39, 0.29) is 11.4 Å². The van der Waals surface area contributed by atoms with Gasteiger partial charge in [-0.15, -0.1) is 0 Å². The summed E-state index contributed by atoms with van der Waals surface area (Å²) in [5.74, 6) is -0.0244. The molecule has 2 aromatic rings. The second kappa shape index (κ2) is 4.91. The normalized spacial score (nSPS) is 9.71. The minimum atomic E-state index is -0.0244. The number of nitrogens with zero attached hydrogens (tertiary/aromatic N) is 3. The van der Waals surface area contributed by atoms with Crippen LogP contribution in [0, 0.1) is 0 Å². The molecule has 0 bridgehead atoms. The van der Waals surface area contributed by atoms with Crippen LogP contribution in [-0.2, 0) is 0 Å². The van der Waals surface area contributed by atoms with Crippen LogP contribution in [0.3, 0.4) is 0 Å². The van der Waals surface area contributed by atoms with Crippen LogP contribution >= 0.6 is 15.9 Å². The summed E-state index contributed by atoms with van der Waals surface area (Å²) in [7, 11) is 0. The number of halogens is 1. The van der Waals surface area contributed by atoms with E-state index in [9.17, 15) is 5.11 Å². The first-order valence-electron chi connectivity index (χ1n) is 4.85. The fourth-order valence-corrected chi connectivity index (χ4v) is 1.74. The second-order valence-electron chi connectivity index (χ2n) is 3.40. The lowest BCUT2D eigenvalue weighted by molar-refractivity contribution is 0.477. The Bertz CT molecular complexity index is 589. The van der Waals surface area contributed by atoms with Crippen molar-refractivity contribution in [3.05, 3.63) is 57.4 Å². The van der Waals surface area contributed by atoms with Crippen molar-refractivity contribution >= 4 is 21.6 Å². The molecular weight excluding hydrogens is 282 g/mol. The molecule has 4 nitrogen and oxygen atoms in total. The van der Waals surface area contributed by atoms with E-state index in [0.29, 0.717) is 0 Å². The maximum atomic E-state index is 9.48. The molecule has 0 spiro atoms.